The van der Waals surface area contributed by atoms with Crippen molar-refractivity contribution in [3.8, 4) is 5.75 Å². The smallest absolute Gasteiger partial charge is 0.341 e. The van der Waals surface area contributed by atoms with Gasteiger partial charge in [0.1, 0.15) is 5.75 Å². The topological polar surface area (TPSA) is 111 Å². The standard InChI is InChI=1S/C24H24N2O6S/c1-3-31-21-16-10-9-15-20(21)25-23(27)22(17-11-5-4-6-12-17)32-24(28)18-13-7-8-14-19(18)26-33(2,29)30/h4-16,22,26H,3H2,1-2H3,(H,25,27). The summed E-state index contributed by atoms with van der Waals surface area (Å²) in [7, 11) is -3.63. The third-order valence-corrected chi connectivity index (χ3v) is 5.04. The molecule has 0 bridgehead atoms. The number of hydrogen-bond donors (Lipinski definition) is 2. The molecule has 33 heavy (non-hydrogen) atoms. The molecule has 2 N–H and O–H groups in total. The lowest BCUT2D eigenvalue weighted by atomic mass is 10.1. The molecular formula is C24H24N2O6S. The van der Waals surface area contributed by atoms with Crippen molar-refractivity contribution in [1.29, 1.82) is 0 Å². The Labute approximate surface area is 192 Å². The molecule has 3 aromatic rings. The fraction of sp³-hybridized carbons (Fsp3) is 0.167. The van der Waals surface area contributed by atoms with E-state index in [4.69, 9.17) is 9.47 Å². The molecule has 1 amide bonds. The first-order chi connectivity index (χ1) is 15.8. The highest BCUT2D eigenvalue weighted by molar-refractivity contribution is 7.92. The minimum Gasteiger partial charge on any atom is -0.492 e. The molecular weight excluding hydrogens is 444 g/mol. The van der Waals surface area contributed by atoms with Gasteiger partial charge in [-0.2, -0.15) is 0 Å². The fourth-order valence-corrected chi connectivity index (χ4v) is 3.65. The summed E-state index contributed by atoms with van der Waals surface area (Å²) < 4.78 is 36.8. The molecule has 3 rings (SSSR count). The monoisotopic (exact) mass is 468 g/mol. The lowest BCUT2D eigenvalue weighted by Gasteiger charge is -2.20. The van der Waals surface area contributed by atoms with Crippen LogP contribution in [-0.2, 0) is 19.6 Å². The average molecular weight is 469 g/mol. The fourth-order valence-electron chi connectivity index (χ4n) is 3.07. The van der Waals surface area contributed by atoms with E-state index in [1.807, 2.05) is 6.92 Å². The van der Waals surface area contributed by atoms with Crippen LogP contribution >= 0.6 is 0 Å². The van der Waals surface area contributed by atoms with Gasteiger partial charge in [-0.1, -0.05) is 54.6 Å². The number of esters is 1. The number of hydrogen-bond acceptors (Lipinski definition) is 6. The maximum Gasteiger partial charge on any atom is 0.341 e. The van der Waals surface area contributed by atoms with Crippen molar-refractivity contribution in [1.82, 2.24) is 0 Å². The van der Waals surface area contributed by atoms with E-state index in [-0.39, 0.29) is 11.3 Å². The first kappa shape index (κ1) is 23.8. The Balaban J connectivity index is 1.91. The number of benzene rings is 3. The summed E-state index contributed by atoms with van der Waals surface area (Å²) in [6.07, 6.45) is -0.315. The zero-order chi connectivity index (χ0) is 23.8. The van der Waals surface area contributed by atoms with Gasteiger partial charge in [0.2, 0.25) is 16.1 Å². The van der Waals surface area contributed by atoms with Crippen LogP contribution in [0.25, 0.3) is 0 Å². The van der Waals surface area contributed by atoms with Gasteiger partial charge >= 0.3 is 5.97 Å². The van der Waals surface area contributed by atoms with Gasteiger partial charge in [0, 0.05) is 5.56 Å². The lowest BCUT2D eigenvalue weighted by Crippen LogP contribution is -2.26. The van der Waals surface area contributed by atoms with Gasteiger partial charge < -0.3 is 14.8 Å². The van der Waals surface area contributed by atoms with E-state index in [0.29, 0.717) is 23.6 Å². The van der Waals surface area contributed by atoms with Crippen molar-refractivity contribution >= 4 is 33.3 Å². The van der Waals surface area contributed by atoms with E-state index in [1.165, 1.54) is 12.1 Å². The third kappa shape index (κ3) is 6.56. The molecule has 0 aromatic heterocycles. The summed E-state index contributed by atoms with van der Waals surface area (Å²) >= 11 is 0. The van der Waals surface area contributed by atoms with Crippen molar-refractivity contribution in [3.63, 3.8) is 0 Å². The molecule has 0 saturated heterocycles. The maximum absolute atomic E-state index is 13.2. The predicted molar refractivity (Wildman–Crippen MR) is 126 cm³/mol. The van der Waals surface area contributed by atoms with Gasteiger partial charge in [0.25, 0.3) is 5.91 Å². The zero-order valence-corrected chi connectivity index (χ0v) is 19.0. The largest absolute Gasteiger partial charge is 0.492 e. The molecule has 0 spiro atoms. The second kappa shape index (κ2) is 10.6. The first-order valence-corrected chi connectivity index (χ1v) is 12.0. The molecule has 0 aliphatic rings. The Morgan fingerprint density at radius 1 is 0.879 bits per heavy atom. The van der Waals surface area contributed by atoms with Crippen LogP contribution in [-0.4, -0.2) is 33.2 Å². The average Bonchev–Trinajstić information content (AvgIpc) is 2.78. The van der Waals surface area contributed by atoms with Crippen LogP contribution in [0, 0.1) is 0 Å². The Hall–Kier alpha value is -3.85. The van der Waals surface area contributed by atoms with Gasteiger partial charge in [0.05, 0.1) is 29.8 Å². The number of carbonyl (C=O) groups is 2. The van der Waals surface area contributed by atoms with Crippen LogP contribution in [0.2, 0.25) is 0 Å². The summed E-state index contributed by atoms with van der Waals surface area (Å²) in [6.45, 7) is 2.24. The third-order valence-electron chi connectivity index (χ3n) is 4.45. The number of ether oxygens (including phenoxy) is 2. The minimum absolute atomic E-state index is 0.0219. The summed E-state index contributed by atoms with van der Waals surface area (Å²) in [5, 5.41) is 2.75. The van der Waals surface area contributed by atoms with E-state index >= 15 is 0 Å². The molecule has 0 fully saturated rings. The molecule has 0 aliphatic carbocycles. The van der Waals surface area contributed by atoms with Crippen molar-refractivity contribution in [2.75, 3.05) is 22.9 Å². The Morgan fingerprint density at radius 3 is 2.15 bits per heavy atom. The highest BCUT2D eigenvalue weighted by Gasteiger charge is 2.27. The van der Waals surface area contributed by atoms with Gasteiger partial charge in [-0.25, -0.2) is 13.2 Å². The second-order valence-corrected chi connectivity index (χ2v) is 8.78. The number of sulfonamides is 1. The van der Waals surface area contributed by atoms with Crippen LogP contribution in [0.4, 0.5) is 11.4 Å². The zero-order valence-electron chi connectivity index (χ0n) is 18.1. The van der Waals surface area contributed by atoms with Crippen LogP contribution in [0.15, 0.2) is 78.9 Å². The molecule has 0 radical (unpaired) electrons. The summed E-state index contributed by atoms with van der Waals surface area (Å²) in [6, 6.07) is 21.5. The summed E-state index contributed by atoms with van der Waals surface area (Å²) in [5.74, 6) is -0.965. The number of rotatable bonds is 9. The van der Waals surface area contributed by atoms with Crippen molar-refractivity contribution in [2.45, 2.75) is 13.0 Å². The summed E-state index contributed by atoms with van der Waals surface area (Å²) in [5.41, 5.74) is 0.913. The molecule has 1 atom stereocenters. The number of amides is 1. The number of anilines is 2. The van der Waals surface area contributed by atoms with Crippen LogP contribution in [0.1, 0.15) is 28.9 Å². The molecule has 0 heterocycles. The van der Waals surface area contributed by atoms with Crippen LogP contribution < -0.4 is 14.8 Å². The number of carbonyl (C=O) groups excluding carboxylic acids is 2. The molecule has 0 aliphatic heterocycles. The van der Waals surface area contributed by atoms with Gasteiger partial charge in [-0.15, -0.1) is 0 Å². The highest BCUT2D eigenvalue weighted by Crippen LogP contribution is 2.28. The van der Waals surface area contributed by atoms with E-state index in [9.17, 15) is 18.0 Å². The normalized spacial score (nSPS) is 11.8. The maximum atomic E-state index is 13.2. The summed E-state index contributed by atoms with van der Waals surface area (Å²) in [4.78, 5) is 26.2. The molecule has 172 valence electrons. The Kier molecular flexibility index (Phi) is 7.68. The van der Waals surface area contributed by atoms with E-state index in [1.54, 1.807) is 66.7 Å². The second-order valence-electron chi connectivity index (χ2n) is 7.03. The van der Waals surface area contributed by atoms with E-state index < -0.39 is 28.0 Å². The first-order valence-electron chi connectivity index (χ1n) is 10.1. The minimum atomic E-state index is -3.63. The molecule has 9 heteroatoms. The number of para-hydroxylation sites is 3. The van der Waals surface area contributed by atoms with Gasteiger partial charge in [-0.05, 0) is 31.2 Å². The van der Waals surface area contributed by atoms with Gasteiger partial charge in [0.15, 0.2) is 0 Å². The van der Waals surface area contributed by atoms with Gasteiger partial charge in [-0.3, -0.25) is 9.52 Å². The highest BCUT2D eigenvalue weighted by atomic mass is 32.2. The number of nitrogens with one attached hydrogen (secondary N) is 2. The quantitative estimate of drug-likeness (QED) is 0.460. The molecule has 0 saturated carbocycles. The van der Waals surface area contributed by atoms with E-state index in [0.717, 1.165) is 6.26 Å². The SMILES string of the molecule is CCOc1ccccc1NC(=O)C(OC(=O)c1ccccc1NS(C)(=O)=O)c1ccccc1. The lowest BCUT2D eigenvalue weighted by molar-refractivity contribution is -0.125. The van der Waals surface area contributed by atoms with Crippen molar-refractivity contribution in [2.24, 2.45) is 0 Å². The van der Waals surface area contributed by atoms with Crippen molar-refractivity contribution < 1.29 is 27.5 Å². The van der Waals surface area contributed by atoms with E-state index in [2.05, 4.69) is 10.0 Å². The molecule has 3 aromatic carbocycles. The van der Waals surface area contributed by atoms with Crippen LogP contribution in [0.5, 0.6) is 5.75 Å². The Bertz CT molecular complexity index is 1230. The van der Waals surface area contributed by atoms with Crippen LogP contribution in [0.3, 0.4) is 0 Å². The molecule has 8 nitrogen and oxygen atoms in total. The Morgan fingerprint density at radius 2 is 1.48 bits per heavy atom. The van der Waals surface area contributed by atoms with Crippen molar-refractivity contribution in [3.05, 3.63) is 90.0 Å². The predicted octanol–water partition coefficient (Wildman–Crippen LogP) is 3.99. The molecule has 1 unspecified atom stereocenters.